The van der Waals surface area contributed by atoms with Crippen LogP contribution in [0.3, 0.4) is 0 Å². The van der Waals surface area contributed by atoms with Gasteiger partial charge in [0.05, 0.1) is 18.9 Å². The first-order valence-electron chi connectivity index (χ1n) is 30.6. The number of H-pyrrole nitrogens is 1. The van der Waals surface area contributed by atoms with E-state index in [9.17, 15) is 81.8 Å². The number of imidazole rings is 1. The van der Waals surface area contributed by atoms with Crippen LogP contribution in [0.4, 0.5) is 0 Å². The largest absolute Gasteiger partial charge is 0.481 e. The standard InChI is InChI=1S/C60H89N15O18/c1-9-12-37(69-57(90)43-13-11-24-75(43)60(93)49(31(5)6)74-58(91)48(30(3)4)73-54(87)40(20-23-47(81)82)70-52(85)38(66-33(8)76)19-22-46(79)80)50(83)59(92)64-28-45(78)67-39(18-21-44(61)77)53(86)72-42(26-35-27-63-29-65-35)56(89)71-41(25-34-16-14-32(7)15-17-34)55(88)68-36(10-2)51(62)84/h14-17,27,29-31,36-43,48-49H,9-13,18-26,28H2,1-8H3,(H2,61,77)(H2,62,84)(H,63,65)(H,64,92)(H,66,76)(H,67,78)(H,68,88)(H,69,90)(H,70,85)(H,71,89)(H,72,86)(H,73,87)(H,74,91)(H,79,80)(H,81,82)/t36-,37-,38-,39-,40-,41-,42+,43-,48-,49-/m0/s1. The van der Waals surface area contributed by atoms with E-state index < -0.39 is 205 Å². The van der Waals surface area contributed by atoms with Crippen molar-refractivity contribution in [3.05, 3.63) is 53.6 Å². The lowest BCUT2D eigenvalue weighted by atomic mass is 9.98. The third-order valence-electron chi connectivity index (χ3n) is 15.0. The SMILES string of the molecule is CCC[C@H](NC(=O)[C@@H]1CCCN1C(=O)[C@@H](NC(=O)[C@@H](NC(=O)[C@H](CCC(=O)O)NC(=O)[C@H](CCC(=O)O)NC(C)=O)C(C)C)C(C)C)C(=O)C(=O)NCC(=O)N[C@@H](CCC(N)=O)C(=O)N[C@H](Cc1cnc[nH]1)C(=O)N[C@@H](Cc1ccc(C)cc1)C(=O)N[C@@H](CC)C(N)=O. The molecular weight excluding hydrogens is 1220 g/mol. The number of hydrogen-bond acceptors (Lipinski definition) is 17. The van der Waals surface area contributed by atoms with E-state index in [1.54, 1.807) is 65.8 Å². The summed E-state index contributed by atoms with van der Waals surface area (Å²) in [6.07, 6.45) is 0.135. The Kier molecular flexibility index (Phi) is 31.7. The lowest BCUT2D eigenvalue weighted by Crippen LogP contribution is -2.61. The smallest absolute Gasteiger partial charge is 0.303 e. The highest BCUT2D eigenvalue weighted by Gasteiger charge is 2.42. The lowest BCUT2D eigenvalue weighted by Gasteiger charge is -2.33. The minimum Gasteiger partial charge on any atom is -0.481 e. The topological polar surface area (TPSA) is 518 Å². The molecule has 0 unspecified atom stereocenters. The van der Waals surface area contributed by atoms with E-state index in [0.29, 0.717) is 17.7 Å². The van der Waals surface area contributed by atoms with Crippen molar-refractivity contribution in [2.45, 2.75) is 199 Å². The molecule has 1 saturated heterocycles. The first-order valence-corrected chi connectivity index (χ1v) is 30.6. The monoisotopic (exact) mass is 1310 g/mol. The summed E-state index contributed by atoms with van der Waals surface area (Å²) in [5.74, 6) is -17.0. The first kappa shape index (κ1) is 77.4. The number of ketones is 1. The van der Waals surface area contributed by atoms with Crippen LogP contribution in [0.2, 0.25) is 0 Å². The van der Waals surface area contributed by atoms with Crippen LogP contribution in [0.5, 0.6) is 0 Å². The number of aliphatic carboxylic acids is 2. The van der Waals surface area contributed by atoms with Crippen LogP contribution in [0, 0.1) is 18.8 Å². The number of Topliss-reactive ketones (excluding diaryl/α,β-unsaturated/α-hetero) is 1. The van der Waals surface area contributed by atoms with Crippen molar-refractivity contribution in [2.24, 2.45) is 23.3 Å². The molecule has 3 rings (SSSR count). The number of carbonyl (C=O) groups is 16. The van der Waals surface area contributed by atoms with Crippen molar-refractivity contribution >= 4 is 94.5 Å². The number of primary amides is 2. The minimum atomic E-state index is -1.60. The van der Waals surface area contributed by atoms with Crippen molar-refractivity contribution < 1.29 is 86.9 Å². The quantitative estimate of drug-likeness (QED) is 0.0289. The summed E-state index contributed by atoms with van der Waals surface area (Å²) >= 11 is 0. The van der Waals surface area contributed by atoms with Crippen LogP contribution in [0.25, 0.3) is 0 Å². The van der Waals surface area contributed by atoms with Crippen LogP contribution in [0.15, 0.2) is 36.8 Å². The predicted molar refractivity (Wildman–Crippen MR) is 329 cm³/mol. The highest BCUT2D eigenvalue weighted by Crippen LogP contribution is 2.22. The fraction of sp³-hybridized carbons (Fsp3) is 0.583. The minimum absolute atomic E-state index is 0.0166. The zero-order chi connectivity index (χ0) is 69.8. The maximum atomic E-state index is 14.4. The van der Waals surface area contributed by atoms with Gasteiger partial charge in [-0.25, -0.2) is 4.98 Å². The average Bonchev–Trinajstić information content (AvgIpc) is 1.80. The Balaban J connectivity index is 1.76. The van der Waals surface area contributed by atoms with E-state index in [1.807, 2.05) is 6.92 Å². The summed E-state index contributed by atoms with van der Waals surface area (Å²) in [5.41, 5.74) is 12.8. The molecule has 10 atom stereocenters. The summed E-state index contributed by atoms with van der Waals surface area (Å²) in [6, 6.07) is -6.88. The molecule has 13 amide bonds. The molecule has 2 aromatic rings. The van der Waals surface area contributed by atoms with E-state index in [1.165, 1.54) is 17.4 Å². The molecule has 1 fully saturated rings. The van der Waals surface area contributed by atoms with Gasteiger partial charge in [-0.05, 0) is 69.3 Å². The van der Waals surface area contributed by atoms with Gasteiger partial charge in [0.15, 0.2) is 0 Å². The molecule has 0 spiro atoms. The van der Waals surface area contributed by atoms with Crippen LogP contribution >= 0.6 is 0 Å². The van der Waals surface area contributed by atoms with Crippen molar-refractivity contribution in [3.63, 3.8) is 0 Å². The van der Waals surface area contributed by atoms with Crippen molar-refractivity contribution in [1.82, 2.24) is 68.0 Å². The lowest BCUT2D eigenvalue weighted by molar-refractivity contribution is -0.144. The molecule has 0 saturated carbocycles. The Hall–Kier alpha value is -9.85. The van der Waals surface area contributed by atoms with Gasteiger partial charge in [0.25, 0.3) is 5.91 Å². The molecule has 1 aliphatic heterocycles. The molecule has 1 aliphatic rings. The second-order valence-corrected chi connectivity index (χ2v) is 23.3. The van der Waals surface area contributed by atoms with Gasteiger partial charge in [-0.15, -0.1) is 0 Å². The maximum absolute atomic E-state index is 14.4. The van der Waals surface area contributed by atoms with Crippen molar-refractivity contribution in [2.75, 3.05) is 13.1 Å². The summed E-state index contributed by atoms with van der Waals surface area (Å²) in [6.45, 7) is 11.6. The molecule has 0 radical (unpaired) electrons. The van der Waals surface area contributed by atoms with E-state index in [-0.39, 0.29) is 51.5 Å². The van der Waals surface area contributed by atoms with Gasteiger partial charge < -0.3 is 84.7 Å². The Morgan fingerprint density at radius 1 is 0.602 bits per heavy atom. The number of aryl methyl sites for hydroxylation is 1. The van der Waals surface area contributed by atoms with Crippen molar-refractivity contribution in [1.29, 1.82) is 0 Å². The number of nitrogens with two attached hydrogens (primary N) is 2. The number of rotatable bonds is 40. The molecule has 33 heteroatoms. The molecule has 1 aromatic carbocycles. The number of aromatic amines is 1. The van der Waals surface area contributed by atoms with Gasteiger partial charge in [-0.2, -0.15) is 0 Å². The molecule has 33 nitrogen and oxygen atoms in total. The second-order valence-electron chi connectivity index (χ2n) is 23.3. The molecule has 1 aromatic heterocycles. The Morgan fingerprint density at radius 3 is 1.61 bits per heavy atom. The number of aromatic nitrogens is 2. The summed E-state index contributed by atoms with van der Waals surface area (Å²) < 4.78 is 0. The van der Waals surface area contributed by atoms with Gasteiger partial charge in [0.1, 0.15) is 54.4 Å². The van der Waals surface area contributed by atoms with Crippen LogP contribution in [-0.4, -0.2) is 193 Å². The van der Waals surface area contributed by atoms with Crippen LogP contribution < -0.4 is 64.6 Å². The predicted octanol–water partition coefficient (Wildman–Crippen LogP) is -3.43. The molecule has 2 heterocycles. The number of hydrogen-bond donors (Lipinski definition) is 15. The third-order valence-corrected chi connectivity index (χ3v) is 15.0. The van der Waals surface area contributed by atoms with Crippen molar-refractivity contribution in [3.8, 4) is 0 Å². The fourth-order valence-corrected chi connectivity index (χ4v) is 9.84. The number of carboxylic acids is 2. The van der Waals surface area contributed by atoms with Crippen LogP contribution in [0.1, 0.15) is 136 Å². The zero-order valence-corrected chi connectivity index (χ0v) is 53.5. The fourth-order valence-electron chi connectivity index (χ4n) is 9.84. The second kappa shape index (κ2) is 38.1. The maximum Gasteiger partial charge on any atom is 0.303 e. The highest BCUT2D eigenvalue weighted by atomic mass is 16.4. The Bertz CT molecular complexity index is 3010. The van der Waals surface area contributed by atoms with Gasteiger partial charge in [-0.1, -0.05) is 77.8 Å². The van der Waals surface area contributed by atoms with Gasteiger partial charge in [0.2, 0.25) is 76.7 Å². The number of carbonyl (C=O) groups excluding carboxylic acids is 14. The molecule has 0 aliphatic carbocycles. The molecule has 512 valence electrons. The number of carboxylic acid groups (broad SMARTS) is 2. The van der Waals surface area contributed by atoms with Gasteiger partial charge in [0, 0.05) is 57.5 Å². The zero-order valence-electron chi connectivity index (χ0n) is 53.5. The van der Waals surface area contributed by atoms with Gasteiger partial charge in [-0.3, -0.25) is 76.7 Å². The molecular formula is C60H89N15O18. The first-order chi connectivity index (χ1) is 43.8. The van der Waals surface area contributed by atoms with E-state index >= 15 is 0 Å². The van der Waals surface area contributed by atoms with Gasteiger partial charge >= 0.3 is 11.9 Å². The normalized spacial score (nSPS) is 15.6. The number of likely N-dealkylation sites (tertiary alicyclic amines) is 1. The molecule has 17 N–H and O–H groups in total. The summed E-state index contributed by atoms with van der Waals surface area (Å²) in [7, 11) is 0. The van der Waals surface area contributed by atoms with E-state index in [2.05, 4.69) is 63.1 Å². The molecule has 93 heavy (non-hydrogen) atoms. The van der Waals surface area contributed by atoms with E-state index in [4.69, 9.17) is 16.6 Å². The average molecular weight is 1310 g/mol. The number of benzene rings is 1. The third kappa shape index (κ3) is 26.1. The Labute approximate surface area is 537 Å². The molecule has 0 bridgehead atoms. The number of amides is 13. The summed E-state index contributed by atoms with van der Waals surface area (Å²) in [4.78, 5) is 219. The Morgan fingerprint density at radius 2 is 1.11 bits per heavy atom. The van der Waals surface area contributed by atoms with E-state index in [0.717, 1.165) is 12.5 Å². The van der Waals surface area contributed by atoms with Crippen LogP contribution in [-0.2, 0) is 89.6 Å². The number of nitrogens with zero attached hydrogens (tertiary/aromatic N) is 2. The summed E-state index contributed by atoms with van der Waals surface area (Å²) in [5, 5.41) is 43.2. The number of nitrogens with one attached hydrogen (secondary N) is 11. The highest BCUT2D eigenvalue weighted by molar-refractivity contribution is 6.38.